The maximum Gasteiger partial charge on any atom is 0.251 e. The number of hydrogen-bond donors (Lipinski definition) is 1. The van der Waals surface area contributed by atoms with Crippen molar-refractivity contribution < 1.29 is 23.5 Å². The topological polar surface area (TPSA) is 77.0 Å². The summed E-state index contributed by atoms with van der Waals surface area (Å²) in [7, 11) is 0. The molecule has 1 N–H and O–H groups in total. The molecule has 0 bridgehead atoms. The number of benzene rings is 2. The zero-order valence-electron chi connectivity index (χ0n) is 20.9. The number of pyridine rings is 1. The Bertz CT molecular complexity index is 1430. The van der Waals surface area contributed by atoms with E-state index < -0.39 is 23.4 Å². The van der Waals surface area contributed by atoms with Gasteiger partial charge in [0.1, 0.15) is 23.1 Å². The Morgan fingerprint density at radius 1 is 1.24 bits per heavy atom. The number of piperazine rings is 1. The summed E-state index contributed by atoms with van der Waals surface area (Å²) >= 11 is 6.55. The third-order valence-electron chi connectivity index (χ3n) is 7.19. The molecule has 3 aromatic rings. The van der Waals surface area contributed by atoms with Gasteiger partial charge in [0.2, 0.25) is 5.91 Å². The van der Waals surface area contributed by atoms with Crippen LogP contribution in [0.5, 0.6) is 5.75 Å². The maximum atomic E-state index is 16.0. The molecule has 2 aromatic carbocycles. The second kappa shape index (κ2) is 9.13. The molecule has 2 aliphatic heterocycles. The van der Waals surface area contributed by atoms with E-state index in [0.29, 0.717) is 29.7 Å². The number of nitrogens with zero attached hydrogens (tertiary/aromatic N) is 4. The van der Waals surface area contributed by atoms with Crippen molar-refractivity contribution in [3.63, 3.8) is 0 Å². The molecule has 2 atom stereocenters. The molecule has 0 spiro atoms. The van der Waals surface area contributed by atoms with Gasteiger partial charge in [-0.15, -0.1) is 0 Å². The molecule has 194 valence electrons. The Labute approximate surface area is 218 Å². The van der Waals surface area contributed by atoms with Crippen LogP contribution in [0, 0.1) is 11.6 Å². The van der Waals surface area contributed by atoms with E-state index in [1.165, 1.54) is 24.4 Å². The number of fused-ring (bicyclic) bond motifs is 5. The maximum absolute atomic E-state index is 16.0. The summed E-state index contributed by atoms with van der Waals surface area (Å²) < 4.78 is 30.7. The molecule has 1 fully saturated rings. The van der Waals surface area contributed by atoms with Gasteiger partial charge in [-0.05, 0) is 39.0 Å². The first-order chi connectivity index (χ1) is 17.6. The molecule has 3 heterocycles. The van der Waals surface area contributed by atoms with Gasteiger partial charge in [-0.2, -0.15) is 0 Å². The molecule has 7 nitrogen and oxygen atoms in total. The number of anilines is 2. The lowest BCUT2D eigenvalue weighted by atomic mass is 9.95. The molecule has 0 aliphatic carbocycles. The van der Waals surface area contributed by atoms with Gasteiger partial charge in [0.05, 0.1) is 34.7 Å². The normalized spacial score (nSPS) is 19.5. The Balaban J connectivity index is 1.76. The number of rotatable bonds is 3. The molecule has 37 heavy (non-hydrogen) atoms. The monoisotopic (exact) mass is 528 g/mol. The highest BCUT2D eigenvalue weighted by Crippen LogP contribution is 2.47. The van der Waals surface area contributed by atoms with Crippen LogP contribution in [0.1, 0.15) is 34.1 Å². The molecule has 1 saturated heterocycles. The molecule has 0 unspecified atom stereocenters. The Morgan fingerprint density at radius 2 is 1.97 bits per heavy atom. The number of aromatic hydroxyl groups is 1. The lowest BCUT2D eigenvalue weighted by Crippen LogP contribution is -2.66. The highest BCUT2D eigenvalue weighted by atomic mass is 35.5. The van der Waals surface area contributed by atoms with Crippen molar-refractivity contribution in [3.05, 3.63) is 47.1 Å². The predicted octanol–water partition coefficient (Wildman–Crippen LogP) is 5.11. The third-order valence-corrected chi connectivity index (χ3v) is 7.49. The summed E-state index contributed by atoms with van der Waals surface area (Å²) in [6, 6.07) is 4.12. The molecule has 2 amide bonds. The minimum atomic E-state index is -0.872. The standard InChI is InChI=1S/C27H27ClF2N4O3/c1-5-21(36)32-12-19-27(37)34(13(2)3)18-10-31-25-15(26(18)33(19)11-14(32)4)9-16(28)22(24(25)30)23-17(29)7-6-8-20(23)35/h6-10,13-14,19,35H,5,11-12H2,1-4H3/t14-,19-/m1/s1. The fraction of sp³-hybridized carbons (Fsp3) is 0.370. The van der Waals surface area contributed by atoms with Crippen LogP contribution < -0.4 is 9.80 Å². The summed E-state index contributed by atoms with van der Waals surface area (Å²) in [6.45, 7) is 8.01. The molecule has 1 aromatic heterocycles. The molecular weight excluding hydrogens is 502 g/mol. The number of amides is 2. The van der Waals surface area contributed by atoms with Gasteiger partial charge in [-0.3, -0.25) is 14.6 Å². The Hall–Kier alpha value is -3.46. The van der Waals surface area contributed by atoms with E-state index >= 15 is 4.39 Å². The summed E-state index contributed by atoms with van der Waals surface area (Å²) in [5.74, 6) is -2.34. The third kappa shape index (κ3) is 3.79. The first-order valence-electron chi connectivity index (χ1n) is 12.2. The highest BCUT2D eigenvalue weighted by molar-refractivity contribution is 6.34. The van der Waals surface area contributed by atoms with E-state index in [1.807, 2.05) is 25.7 Å². The number of phenolic OH excluding ortho intramolecular Hbond substituents is 1. The second-order valence-electron chi connectivity index (χ2n) is 9.79. The first-order valence-corrected chi connectivity index (χ1v) is 12.6. The van der Waals surface area contributed by atoms with Crippen LogP contribution in [0.15, 0.2) is 30.5 Å². The summed E-state index contributed by atoms with van der Waals surface area (Å²) in [4.78, 5) is 35.8. The molecule has 2 aliphatic rings. The van der Waals surface area contributed by atoms with Gasteiger partial charge >= 0.3 is 0 Å². The Kier molecular flexibility index (Phi) is 6.22. The zero-order chi connectivity index (χ0) is 26.8. The van der Waals surface area contributed by atoms with E-state index in [-0.39, 0.29) is 52.1 Å². The average Bonchev–Trinajstić information content (AvgIpc) is 2.84. The van der Waals surface area contributed by atoms with Crippen LogP contribution in [0.4, 0.5) is 20.2 Å². The van der Waals surface area contributed by atoms with Crippen LogP contribution in [-0.2, 0) is 9.59 Å². The fourth-order valence-electron chi connectivity index (χ4n) is 5.50. The molecule has 0 radical (unpaired) electrons. The van der Waals surface area contributed by atoms with Crippen LogP contribution in [-0.4, -0.2) is 58.0 Å². The van der Waals surface area contributed by atoms with Crippen LogP contribution in [0.3, 0.4) is 0 Å². The molecule has 10 heteroatoms. The largest absolute Gasteiger partial charge is 0.507 e. The number of halogens is 3. The van der Waals surface area contributed by atoms with E-state index in [9.17, 15) is 19.1 Å². The molecular formula is C27H27ClF2N4O3. The molecule has 0 saturated carbocycles. The SMILES string of the molecule is CCC(=O)N1C[C@@H]2C(=O)N(C(C)C)c3cnc4c(F)c(-c5c(O)cccc5F)c(Cl)cc4c3N2C[C@H]1C. The van der Waals surface area contributed by atoms with Crippen molar-refractivity contribution in [1.29, 1.82) is 0 Å². The molecule has 5 rings (SSSR count). The van der Waals surface area contributed by atoms with Crippen molar-refractivity contribution in [2.24, 2.45) is 0 Å². The minimum Gasteiger partial charge on any atom is -0.507 e. The Morgan fingerprint density at radius 3 is 2.62 bits per heavy atom. The summed E-state index contributed by atoms with van der Waals surface area (Å²) in [5, 5.41) is 10.6. The van der Waals surface area contributed by atoms with E-state index in [1.54, 1.807) is 16.7 Å². The zero-order valence-corrected chi connectivity index (χ0v) is 21.7. The van der Waals surface area contributed by atoms with Crippen molar-refractivity contribution in [2.45, 2.75) is 52.2 Å². The van der Waals surface area contributed by atoms with Gasteiger partial charge in [-0.1, -0.05) is 24.6 Å². The minimum absolute atomic E-state index is 0.0372. The van der Waals surface area contributed by atoms with Crippen LogP contribution in [0.25, 0.3) is 22.0 Å². The number of carbonyl (C=O) groups is 2. The summed E-state index contributed by atoms with van der Waals surface area (Å²) in [5.41, 5.74) is 0.418. The van der Waals surface area contributed by atoms with Crippen molar-refractivity contribution >= 4 is 45.7 Å². The predicted molar refractivity (Wildman–Crippen MR) is 139 cm³/mol. The second-order valence-corrected chi connectivity index (χ2v) is 10.2. The smallest absolute Gasteiger partial charge is 0.251 e. The lowest BCUT2D eigenvalue weighted by molar-refractivity contribution is -0.135. The van der Waals surface area contributed by atoms with Gasteiger partial charge in [0.25, 0.3) is 5.91 Å². The van der Waals surface area contributed by atoms with Crippen LogP contribution >= 0.6 is 11.6 Å². The fourth-order valence-corrected chi connectivity index (χ4v) is 5.79. The van der Waals surface area contributed by atoms with Gasteiger partial charge in [0, 0.05) is 36.0 Å². The first kappa shape index (κ1) is 25.2. The van der Waals surface area contributed by atoms with E-state index in [2.05, 4.69) is 4.98 Å². The summed E-state index contributed by atoms with van der Waals surface area (Å²) in [6.07, 6.45) is 1.77. The van der Waals surface area contributed by atoms with Crippen molar-refractivity contribution in [3.8, 4) is 16.9 Å². The van der Waals surface area contributed by atoms with Gasteiger partial charge < -0.3 is 19.8 Å². The number of hydrogen-bond acceptors (Lipinski definition) is 5. The van der Waals surface area contributed by atoms with Gasteiger partial charge in [-0.25, -0.2) is 8.78 Å². The average molecular weight is 529 g/mol. The highest BCUT2D eigenvalue weighted by Gasteiger charge is 2.46. The van der Waals surface area contributed by atoms with E-state index in [0.717, 1.165) is 6.07 Å². The van der Waals surface area contributed by atoms with Gasteiger partial charge in [0.15, 0.2) is 5.82 Å². The van der Waals surface area contributed by atoms with Crippen LogP contribution in [0.2, 0.25) is 5.02 Å². The lowest BCUT2D eigenvalue weighted by Gasteiger charge is -2.51. The number of carbonyl (C=O) groups excluding carboxylic acids is 2. The number of aromatic nitrogens is 1. The number of phenols is 1. The van der Waals surface area contributed by atoms with Crippen molar-refractivity contribution in [1.82, 2.24) is 9.88 Å². The quantitative estimate of drug-likeness (QED) is 0.511. The van der Waals surface area contributed by atoms with Crippen molar-refractivity contribution in [2.75, 3.05) is 22.9 Å². The van der Waals surface area contributed by atoms with E-state index in [4.69, 9.17) is 11.6 Å².